The maximum absolute atomic E-state index is 11.2. The van der Waals surface area contributed by atoms with Crippen molar-refractivity contribution < 1.29 is 19.1 Å². The second-order valence-electron chi connectivity index (χ2n) is 4.44. The van der Waals surface area contributed by atoms with Gasteiger partial charge in [-0.05, 0) is 38.5 Å². The van der Waals surface area contributed by atoms with Gasteiger partial charge in [-0.2, -0.15) is 0 Å². The fraction of sp³-hybridized carbons (Fsp3) is 0.857. The number of rotatable bonds is 13. The van der Waals surface area contributed by atoms with Gasteiger partial charge in [0.2, 0.25) is 0 Å². The molecule has 0 aliphatic carbocycles. The first-order valence-corrected chi connectivity index (χ1v) is 9.38. The van der Waals surface area contributed by atoms with Crippen LogP contribution in [-0.4, -0.2) is 35.8 Å². The molecule has 0 rings (SSSR count). The van der Waals surface area contributed by atoms with E-state index in [2.05, 4.69) is 31.9 Å². The van der Waals surface area contributed by atoms with Gasteiger partial charge < -0.3 is 9.47 Å². The summed E-state index contributed by atoms with van der Waals surface area (Å²) < 4.78 is 10.2. The van der Waals surface area contributed by atoms with Crippen molar-refractivity contribution >= 4 is 43.8 Å². The molecule has 0 aliphatic rings. The Bertz CT molecular complexity index is 234. The molecule has 0 aromatic rings. The molecule has 0 aromatic heterocycles. The van der Waals surface area contributed by atoms with Crippen molar-refractivity contribution in [1.82, 2.24) is 0 Å². The lowest BCUT2D eigenvalue weighted by atomic mass is 10.2. The van der Waals surface area contributed by atoms with Gasteiger partial charge in [-0.1, -0.05) is 31.9 Å². The molecule has 0 amide bonds. The van der Waals surface area contributed by atoms with Crippen LogP contribution in [-0.2, 0) is 19.1 Å². The van der Waals surface area contributed by atoms with Crippen LogP contribution in [0.15, 0.2) is 0 Å². The third-order valence-electron chi connectivity index (χ3n) is 2.59. The summed E-state index contributed by atoms with van der Waals surface area (Å²) in [7, 11) is 0. The molecule has 118 valence electrons. The highest BCUT2D eigenvalue weighted by molar-refractivity contribution is 9.09. The molecule has 0 atom stereocenters. The van der Waals surface area contributed by atoms with Crippen molar-refractivity contribution in [2.75, 3.05) is 23.9 Å². The Morgan fingerprint density at radius 1 is 0.650 bits per heavy atom. The number of carbonyl (C=O) groups excluding carboxylic acids is 2. The summed E-state index contributed by atoms with van der Waals surface area (Å²) in [6.07, 6.45) is 6.33. The molecule has 0 unspecified atom stereocenters. The van der Waals surface area contributed by atoms with Crippen molar-refractivity contribution in [2.24, 2.45) is 0 Å². The first kappa shape index (κ1) is 19.9. The first-order valence-electron chi connectivity index (χ1n) is 7.14. The fourth-order valence-corrected chi connectivity index (χ4v) is 2.06. The van der Waals surface area contributed by atoms with Crippen LogP contribution in [0, 0.1) is 0 Å². The van der Waals surface area contributed by atoms with Gasteiger partial charge in [0.25, 0.3) is 0 Å². The molecular formula is C14H24Br2O4. The highest BCUT2D eigenvalue weighted by atomic mass is 79.9. The molecule has 0 heterocycles. The molecular weight excluding hydrogens is 392 g/mol. The van der Waals surface area contributed by atoms with E-state index in [4.69, 9.17) is 9.47 Å². The molecule has 0 fully saturated rings. The zero-order valence-electron chi connectivity index (χ0n) is 11.9. The highest BCUT2D eigenvalue weighted by Gasteiger charge is 2.02. The number of unbranched alkanes of at least 4 members (excludes halogenated alkanes) is 3. The molecule has 4 nitrogen and oxygen atoms in total. The minimum atomic E-state index is -0.120. The lowest BCUT2D eigenvalue weighted by molar-refractivity contribution is -0.145. The van der Waals surface area contributed by atoms with Gasteiger partial charge in [0.15, 0.2) is 0 Å². The zero-order chi connectivity index (χ0) is 15.1. The third-order valence-corrected chi connectivity index (χ3v) is 3.72. The number of carbonyl (C=O) groups is 2. The summed E-state index contributed by atoms with van der Waals surface area (Å²) in [5.74, 6) is -0.240. The van der Waals surface area contributed by atoms with E-state index in [0.717, 1.165) is 49.2 Å². The number of esters is 2. The van der Waals surface area contributed by atoms with E-state index < -0.39 is 0 Å². The quantitative estimate of drug-likeness (QED) is 0.259. The average Bonchev–Trinajstić information content (AvgIpc) is 2.45. The van der Waals surface area contributed by atoms with Crippen molar-refractivity contribution in [3.8, 4) is 0 Å². The summed E-state index contributed by atoms with van der Waals surface area (Å²) in [5.41, 5.74) is 0. The Labute approximate surface area is 138 Å². The van der Waals surface area contributed by atoms with E-state index in [0.29, 0.717) is 26.1 Å². The summed E-state index contributed by atoms with van der Waals surface area (Å²) in [5, 5.41) is 1.66. The monoisotopic (exact) mass is 414 g/mol. The second kappa shape index (κ2) is 15.3. The smallest absolute Gasteiger partial charge is 0.305 e. The maximum atomic E-state index is 11.2. The molecule has 20 heavy (non-hydrogen) atoms. The average molecular weight is 416 g/mol. The predicted molar refractivity (Wildman–Crippen MR) is 86.4 cm³/mol. The number of alkyl halides is 2. The van der Waals surface area contributed by atoms with Gasteiger partial charge in [0, 0.05) is 23.5 Å². The number of hydrogen-bond donors (Lipinski definition) is 0. The minimum Gasteiger partial charge on any atom is -0.466 e. The van der Waals surface area contributed by atoms with E-state index in [-0.39, 0.29) is 11.9 Å². The van der Waals surface area contributed by atoms with Gasteiger partial charge in [0.1, 0.15) is 0 Å². The predicted octanol–water partition coefficient (Wildman–Crippen LogP) is 3.98. The van der Waals surface area contributed by atoms with E-state index in [1.165, 1.54) is 0 Å². The lowest BCUT2D eigenvalue weighted by Crippen LogP contribution is -2.07. The molecule has 0 saturated heterocycles. The van der Waals surface area contributed by atoms with Crippen LogP contribution >= 0.6 is 31.9 Å². The van der Waals surface area contributed by atoms with Crippen molar-refractivity contribution in [3.63, 3.8) is 0 Å². The lowest BCUT2D eigenvalue weighted by Gasteiger charge is -2.05. The van der Waals surface area contributed by atoms with Crippen LogP contribution in [0.5, 0.6) is 0 Å². The first-order chi connectivity index (χ1) is 9.70. The molecule has 0 N–H and O–H groups in total. The summed E-state index contributed by atoms with van der Waals surface area (Å²) >= 11 is 6.55. The normalized spacial score (nSPS) is 10.3. The molecule has 0 radical (unpaired) electrons. The standard InChI is InChI=1S/C14H24Br2O4/c15-9-5-7-13(17)19-11-3-1-2-4-12-20-14(18)8-6-10-16/h1-12H2. The summed E-state index contributed by atoms with van der Waals surface area (Å²) in [4.78, 5) is 22.4. The molecule has 0 aliphatic heterocycles. The number of halogens is 2. The van der Waals surface area contributed by atoms with Crippen molar-refractivity contribution in [1.29, 1.82) is 0 Å². The van der Waals surface area contributed by atoms with Crippen LogP contribution in [0.2, 0.25) is 0 Å². The topological polar surface area (TPSA) is 52.6 Å². The van der Waals surface area contributed by atoms with E-state index in [1.54, 1.807) is 0 Å². The molecule has 0 saturated carbocycles. The van der Waals surface area contributed by atoms with E-state index in [9.17, 15) is 9.59 Å². The van der Waals surface area contributed by atoms with Crippen LogP contribution in [0.4, 0.5) is 0 Å². The van der Waals surface area contributed by atoms with Gasteiger partial charge >= 0.3 is 11.9 Å². The van der Waals surface area contributed by atoms with Crippen molar-refractivity contribution in [2.45, 2.75) is 51.4 Å². The van der Waals surface area contributed by atoms with Crippen LogP contribution in [0.25, 0.3) is 0 Å². The van der Waals surface area contributed by atoms with Crippen LogP contribution in [0.1, 0.15) is 51.4 Å². The molecule has 6 heteroatoms. The van der Waals surface area contributed by atoms with Gasteiger partial charge in [-0.3, -0.25) is 9.59 Å². The second-order valence-corrected chi connectivity index (χ2v) is 6.03. The Morgan fingerprint density at radius 2 is 1.05 bits per heavy atom. The highest BCUT2D eigenvalue weighted by Crippen LogP contribution is 2.03. The van der Waals surface area contributed by atoms with Crippen LogP contribution < -0.4 is 0 Å². The zero-order valence-corrected chi connectivity index (χ0v) is 15.0. The molecule has 0 bridgehead atoms. The van der Waals surface area contributed by atoms with Gasteiger partial charge in [0.05, 0.1) is 13.2 Å². The Kier molecular flexibility index (Phi) is 15.2. The Balaban J connectivity index is 3.20. The number of hydrogen-bond acceptors (Lipinski definition) is 4. The van der Waals surface area contributed by atoms with E-state index in [1.807, 2.05) is 0 Å². The number of ether oxygens (including phenoxy) is 2. The minimum absolute atomic E-state index is 0.120. The largest absolute Gasteiger partial charge is 0.466 e. The summed E-state index contributed by atoms with van der Waals surface area (Å²) in [6.45, 7) is 0.984. The molecule has 0 spiro atoms. The summed E-state index contributed by atoms with van der Waals surface area (Å²) in [6, 6.07) is 0. The maximum Gasteiger partial charge on any atom is 0.305 e. The van der Waals surface area contributed by atoms with Gasteiger partial charge in [-0.15, -0.1) is 0 Å². The Morgan fingerprint density at radius 3 is 1.40 bits per heavy atom. The third kappa shape index (κ3) is 14.3. The Hall–Kier alpha value is -0.100. The SMILES string of the molecule is O=C(CCCBr)OCCCCCCOC(=O)CCCBr. The van der Waals surface area contributed by atoms with Crippen molar-refractivity contribution in [3.05, 3.63) is 0 Å². The van der Waals surface area contributed by atoms with Gasteiger partial charge in [-0.25, -0.2) is 0 Å². The molecule has 0 aromatic carbocycles. The van der Waals surface area contributed by atoms with E-state index >= 15 is 0 Å². The fourth-order valence-electron chi connectivity index (χ4n) is 1.50. The van der Waals surface area contributed by atoms with Crippen LogP contribution in [0.3, 0.4) is 0 Å².